The smallest absolute Gasteiger partial charge is 0.336 e. The lowest BCUT2D eigenvalue weighted by Crippen LogP contribution is -2.43. The van der Waals surface area contributed by atoms with E-state index < -0.39 is 5.97 Å². The number of hydrogen-bond donors (Lipinski definition) is 1. The van der Waals surface area contributed by atoms with Gasteiger partial charge in [-0.15, -0.1) is 0 Å². The van der Waals surface area contributed by atoms with Crippen molar-refractivity contribution in [2.75, 3.05) is 13.1 Å². The van der Waals surface area contributed by atoms with Gasteiger partial charge in [0.25, 0.3) is 5.91 Å². The van der Waals surface area contributed by atoms with Crippen LogP contribution in [0, 0.1) is 11.8 Å². The average molecular weight is 261 g/mol. The van der Waals surface area contributed by atoms with Gasteiger partial charge >= 0.3 is 5.97 Å². The molecule has 4 heteroatoms. The number of carbonyl (C=O) groups is 2. The first-order valence-corrected chi connectivity index (χ1v) is 6.60. The Hall–Kier alpha value is -1.84. The minimum Gasteiger partial charge on any atom is -0.478 e. The molecule has 1 aromatic rings. The number of carboxylic acid groups (broad SMARTS) is 1. The van der Waals surface area contributed by atoms with Crippen LogP contribution < -0.4 is 0 Å². The van der Waals surface area contributed by atoms with Gasteiger partial charge < -0.3 is 10.0 Å². The second-order valence-corrected chi connectivity index (χ2v) is 5.51. The van der Waals surface area contributed by atoms with E-state index in [9.17, 15) is 9.59 Å². The zero-order chi connectivity index (χ0) is 14.0. The first kappa shape index (κ1) is 13.6. The van der Waals surface area contributed by atoms with Gasteiger partial charge in [0.05, 0.1) is 11.1 Å². The molecule has 1 fully saturated rings. The van der Waals surface area contributed by atoms with Gasteiger partial charge in [0.1, 0.15) is 0 Å². The molecule has 2 rings (SSSR count). The van der Waals surface area contributed by atoms with Crippen molar-refractivity contribution in [3.05, 3.63) is 35.4 Å². The first-order chi connectivity index (χ1) is 8.99. The highest BCUT2D eigenvalue weighted by Gasteiger charge is 2.28. The lowest BCUT2D eigenvalue weighted by Gasteiger charge is -2.35. The number of amides is 1. The Labute approximate surface area is 113 Å². The SMILES string of the molecule is CC1CC(C)CN(C(=O)c2ccccc2C(=O)O)C1. The molecule has 0 aliphatic carbocycles. The summed E-state index contributed by atoms with van der Waals surface area (Å²) < 4.78 is 0. The summed E-state index contributed by atoms with van der Waals surface area (Å²) in [5, 5.41) is 9.15. The second-order valence-electron chi connectivity index (χ2n) is 5.51. The molecule has 19 heavy (non-hydrogen) atoms. The van der Waals surface area contributed by atoms with E-state index in [2.05, 4.69) is 13.8 Å². The number of likely N-dealkylation sites (tertiary alicyclic amines) is 1. The van der Waals surface area contributed by atoms with Crippen LogP contribution in [0.1, 0.15) is 41.0 Å². The summed E-state index contributed by atoms with van der Waals surface area (Å²) in [6.07, 6.45) is 1.12. The maximum atomic E-state index is 12.5. The largest absolute Gasteiger partial charge is 0.478 e. The van der Waals surface area contributed by atoms with Crippen LogP contribution in [0.25, 0.3) is 0 Å². The van der Waals surface area contributed by atoms with Gasteiger partial charge in [0, 0.05) is 13.1 Å². The summed E-state index contributed by atoms with van der Waals surface area (Å²) in [7, 11) is 0. The summed E-state index contributed by atoms with van der Waals surface area (Å²) in [5.41, 5.74) is 0.370. The van der Waals surface area contributed by atoms with Crippen LogP contribution in [-0.2, 0) is 0 Å². The summed E-state index contributed by atoms with van der Waals surface area (Å²) in [6.45, 7) is 5.66. The van der Waals surface area contributed by atoms with E-state index >= 15 is 0 Å². The molecule has 1 aromatic carbocycles. The maximum Gasteiger partial charge on any atom is 0.336 e. The van der Waals surface area contributed by atoms with E-state index in [4.69, 9.17) is 5.11 Å². The summed E-state index contributed by atoms with van der Waals surface area (Å²) >= 11 is 0. The van der Waals surface area contributed by atoms with E-state index in [0.717, 1.165) is 6.42 Å². The Kier molecular flexibility index (Phi) is 3.88. The lowest BCUT2D eigenvalue weighted by molar-refractivity contribution is 0.0605. The minimum atomic E-state index is -1.05. The molecule has 102 valence electrons. The van der Waals surface area contributed by atoms with E-state index in [1.165, 1.54) is 6.07 Å². The van der Waals surface area contributed by atoms with Gasteiger partial charge in [-0.25, -0.2) is 4.79 Å². The molecule has 0 bridgehead atoms. The van der Waals surface area contributed by atoms with Crippen molar-refractivity contribution in [2.24, 2.45) is 11.8 Å². The molecule has 0 saturated carbocycles. The van der Waals surface area contributed by atoms with Crippen LogP contribution in [0.2, 0.25) is 0 Å². The Bertz CT molecular complexity index is 488. The molecule has 1 N–H and O–H groups in total. The van der Waals surface area contributed by atoms with Gasteiger partial charge in [0.15, 0.2) is 0 Å². The fraction of sp³-hybridized carbons (Fsp3) is 0.467. The average Bonchev–Trinajstić information content (AvgIpc) is 2.36. The van der Waals surface area contributed by atoms with Gasteiger partial charge in [-0.1, -0.05) is 26.0 Å². The van der Waals surface area contributed by atoms with E-state index in [-0.39, 0.29) is 17.0 Å². The lowest BCUT2D eigenvalue weighted by atomic mass is 9.91. The van der Waals surface area contributed by atoms with Crippen LogP contribution in [0.5, 0.6) is 0 Å². The molecule has 2 atom stereocenters. The minimum absolute atomic E-state index is 0.0818. The normalized spacial score (nSPS) is 23.2. The molecule has 4 nitrogen and oxygen atoms in total. The Balaban J connectivity index is 2.27. The topological polar surface area (TPSA) is 57.6 Å². The Morgan fingerprint density at radius 1 is 1.11 bits per heavy atom. The van der Waals surface area contributed by atoms with Crippen molar-refractivity contribution in [1.29, 1.82) is 0 Å². The van der Waals surface area contributed by atoms with Crippen LogP contribution in [0.3, 0.4) is 0 Å². The fourth-order valence-electron chi connectivity index (χ4n) is 2.86. The van der Waals surface area contributed by atoms with E-state index in [0.29, 0.717) is 24.9 Å². The maximum absolute atomic E-state index is 12.5. The number of aromatic carboxylic acids is 1. The number of piperidine rings is 1. The van der Waals surface area contributed by atoms with Crippen molar-refractivity contribution >= 4 is 11.9 Å². The highest BCUT2D eigenvalue weighted by molar-refractivity contribution is 6.04. The van der Waals surface area contributed by atoms with Crippen LogP contribution in [0.4, 0.5) is 0 Å². The van der Waals surface area contributed by atoms with Gasteiger partial charge in [0.2, 0.25) is 0 Å². The molecule has 1 saturated heterocycles. The van der Waals surface area contributed by atoms with Crippen LogP contribution in [0.15, 0.2) is 24.3 Å². The molecule has 0 radical (unpaired) electrons. The molecule has 1 heterocycles. The first-order valence-electron chi connectivity index (χ1n) is 6.60. The summed E-state index contributed by atoms with van der Waals surface area (Å²) in [4.78, 5) is 25.4. The quantitative estimate of drug-likeness (QED) is 0.889. The van der Waals surface area contributed by atoms with Gasteiger partial charge in [-0.05, 0) is 30.4 Å². The molecule has 1 aliphatic rings. The third-order valence-corrected chi connectivity index (χ3v) is 3.54. The molecule has 1 amide bonds. The fourth-order valence-corrected chi connectivity index (χ4v) is 2.86. The predicted molar refractivity (Wildman–Crippen MR) is 72.2 cm³/mol. The number of benzene rings is 1. The summed E-state index contributed by atoms with van der Waals surface area (Å²) in [6, 6.07) is 6.42. The van der Waals surface area contributed by atoms with Crippen molar-refractivity contribution in [3.63, 3.8) is 0 Å². The molecule has 0 aromatic heterocycles. The van der Waals surface area contributed by atoms with Crippen molar-refractivity contribution in [3.8, 4) is 0 Å². The zero-order valence-corrected chi connectivity index (χ0v) is 11.3. The molecular weight excluding hydrogens is 242 g/mol. The van der Waals surface area contributed by atoms with E-state index in [1.54, 1.807) is 23.1 Å². The second kappa shape index (κ2) is 5.43. The number of carbonyl (C=O) groups excluding carboxylic acids is 1. The molecule has 2 unspecified atom stereocenters. The van der Waals surface area contributed by atoms with Gasteiger partial charge in [-0.3, -0.25) is 4.79 Å². The monoisotopic (exact) mass is 261 g/mol. The number of rotatable bonds is 2. The standard InChI is InChI=1S/C15H19NO3/c1-10-7-11(2)9-16(8-10)14(17)12-5-3-4-6-13(12)15(18)19/h3-6,10-11H,7-9H2,1-2H3,(H,18,19). The van der Waals surface area contributed by atoms with Gasteiger partial charge in [-0.2, -0.15) is 0 Å². The molecule has 1 aliphatic heterocycles. The molecular formula is C15H19NO3. The number of nitrogens with zero attached hydrogens (tertiary/aromatic N) is 1. The van der Waals surface area contributed by atoms with Crippen LogP contribution >= 0.6 is 0 Å². The highest BCUT2D eigenvalue weighted by Crippen LogP contribution is 2.23. The third kappa shape index (κ3) is 2.95. The Morgan fingerprint density at radius 3 is 2.16 bits per heavy atom. The third-order valence-electron chi connectivity index (χ3n) is 3.54. The predicted octanol–water partition coefficient (Wildman–Crippen LogP) is 2.50. The van der Waals surface area contributed by atoms with E-state index in [1.807, 2.05) is 0 Å². The molecule has 0 spiro atoms. The summed E-state index contributed by atoms with van der Waals surface area (Å²) in [5.74, 6) is -0.298. The van der Waals surface area contributed by atoms with Crippen LogP contribution in [-0.4, -0.2) is 35.0 Å². The number of carboxylic acids is 1. The van der Waals surface area contributed by atoms with Crippen molar-refractivity contribution in [1.82, 2.24) is 4.90 Å². The highest BCUT2D eigenvalue weighted by atomic mass is 16.4. The Morgan fingerprint density at radius 2 is 1.63 bits per heavy atom. The van der Waals surface area contributed by atoms with Crippen molar-refractivity contribution in [2.45, 2.75) is 20.3 Å². The van der Waals surface area contributed by atoms with Crippen molar-refractivity contribution < 1.29 is 14.7 Å². The zero-order valence-electron chi connectivity index (χ0n) is 11.3. The number of hydrogen-bond acceptors (Lipinski definition) is 2.